The molecule has 0 radical (unpaired) electrons. The van der Waals surface area contributed by atoms with Crippen molar-refractivity contribution in [2.75, 3.05) is 0 Å². The van der Waals surface area contributed by atoms with Crippen molar-refractivity contribution in [2.45, 2.75) is 6.92 Å². The van der Waals surface area contributed by atoms with Gasteiger partial charge in [-0.3, -0.25) is 0 Å². The third-order valence-corrected chi connectivity index (χ3v) is 2.65. The Labute approximate surface area is 103 Å². The molecule has 0 aliphatic heterocycles. The SMILES string of the molecule is Cc1ccc(-c2nc(-c3ccc[nH]3)no2)c(O)c1. The number of benzene rings is 1. The van der Waals surface area contributed by atoms with Crippen LogP contribution >= 0.6 is 0 Å². The van der Waals surface area contributed by atoms with Crippen LogP contribution in [0, 0.1) is 6.92 Å². The summed E-state index contributed by atoms with van der Waals surface area (Å²) in [5.74, 6) is 0.906. The van der Waals surface area contributed by atoms with Gasteiger partial charge in [0.1, 0.15) is 5.75 Å². The highest BCUT2D eigenvalue weighted by Crippen LogP contribution is 2.29. The Morgan fingerprint density at radius 1 is 1.28 bits per heavy atom. The number of phenols is 1. The molecule has 0 spiro atoms. The van der Waals surface area contributed by atoms with Crippen LogP contribution < -0.4 is 0 Å². The minimum atomic E-state index is 0.136. The Morgan fingerprint density at radius 3 is 2.89 bits per heavy atom. The van der Waals surface area contributed by atoms with Crippen molar-refractivity contribution in [2.24, 2.45) is 0 Å². The lowest BCUT2D eigenvalue weighted by Crippen LogP contribution is -1.82. The minimum absolute atomic E-state index is 0.136. The van der Waals surface area contributed by atoms with Gasteiger partial charge in [0.2, 0.25) is 5.82 Å². The van der Waals surface area contributed by atoms with E-state index in [-0.39, 0.29) is 5.75 Å². The number of rotatable bonds is 2. The molecule has 0 aliphatic carbocycles. The van der Waals surface area contributed by atoms with Gasteiger partial charge < -0.3 is 14.6 Å². The number of nitrogens with one attached hydrogen (secondary N) is 1. The third kappa shape index (κ3) is 1.75. The summed E-state index contributed by atoms with van der Waals surface area (Å²) in [5, 5.41) is 13.7. The van der Waals surface area contributed by atoms with Gasteiger partial charge in [0.15, 0.2) is 0 Å². The zero-order valence-electron chi connectivity index (χ0n) is 9.71. The highest BCUT2D eigenvalue weighted by Gasteiger charge is 2.14. The van der Waals surface area contributed by atoms with E-state index in [9.17, 15) is 5.11 Å². The van der Waals surface area contributed by atoms with Gasteiger partial charge in [0, 0.05) is 6.20 Å². The average Bonchev–Trinajstić information content (AvgIpc) is 2.99. The van der Waals surface area contributed by atoms with Gasteiger partial charge in [0.05, 0.1) is 11.3 Å². The van der Waals surface area contributed by atoms with Gasteiger partial charge in [-0.25, -0.2) is 0 Å². The molecule has 3 rings (SSSR count). The number of hydrogen-bond donors (Lipinski definition) is 2. The summed E-state index contributed by atoms with van der Waals surface area (Å²) < 4.78 is 5.15. The summed E-state index contributed by atoms with van der Waals surface area (Å²) in [4.78, 5) is 7.24. The molecule has 5 nitrogen and oxygen atoms in total. The molecule has 0 bridgehead atoms. The Hall–Kier alpha value is -2.56. The molecule has 0 fully saturated rings. The highest BCUT2D eigenvalue weighted by atomic mass is 16.5. The fourth-order valence-corrected chi connectivity index (χ4v) is 1.73. The lowest BCUT2D eigenvalue weighted by Gasteiger charge is -1.99. The van der Waals surface area contributed by atoms with Gasteiger partial charge in [-0.05, 0) is 36.8 Å². The first-order chi connectivity index (χ1) is 8.74. The second-order valence-corrected chi connectivity index (χ2v) is 4.03. The number of hydrogen-bond acceptors (Lipinski definition) is 4. The van der Waals surface area contributed by atoms with Crippen LogP contribution in [-0.4, -0.2) is 20.2 Å². The first-order valence-electron chi connectivity index (χ1n) is 5.51. The highest BCUT2D eigenvalue weighted by molar-refractivity contribution is 5.64. The van der Waals surface area contributed by atoms with E-state index >= 15 is 0 Å². The maximum atomic E-state index is 9.85. The number of phenolic OH excluding ortho intramolecular Hbond substituents is 1. The molecule has 5 heteroatoms. The van der Waals surface area contributed by atoms with Crippen molar-refractivity contribution in [3.05, 3.63) is 42.1 Å². The predicted molar refractivity (Wildman–Crippen MR) is 65.9 cm³/mol. The van der Waals surface area contributed by atoms with Crippen molar-refractivity contribution >= 4 is 0 Å². The van der Waals surface area contributed by atoms with E-state index in [0.717, 1.165) is 11.3 Å². The van der Waals surface area contributed by atoms with Gasteiger partial charge in [-0.2, -0.15) is 4.98 Å². The molecule has 2 aromatic heterocycles. The summed E-state index contributed by atoms with van der Waals surface area (Å²) in [5.41, 5.74) is 2.28. The Balaban J connectivity index is 2.03. The van der Waals surface area contributed by atoms with E-state index in [0.29, 0.717) is 17.3 Å². The van der Waals surface area contributed by atoms with Crippen LogP contribution in [0.15, 0.2) is 41.1 Å². The van der Waals surface area contributed by atoms with Crippen molar-refractivity contribution in [3.63, 3.8) is 0 Å². The molecule has 2 heterocycles. The quantitative estimate of drug-likeness (QED) is 0.723. The zero-order valence-corrected chi connectivity index (χ0v) is 9.71. The molecule has 0 unspecified atom stereocenters. The van der Waals surface area contributed by atoms with E-state index in [1.165, 1.54) is 0 Å². The molecule has 0 saturated heterocycles. The number of aromatic amines is 1. The molecule has 1 aromatic carbocycles. The maximum absolute atomic E-state index is 9.85. The Bertz CT molecular complexity index is 671. The van der Waals surface area contributed by atoms with E-state index < -0.39 is 0 Å². The fraction of sp³-hybridized carbons (Fsp3) is 0.0769. The van der Waals surface area contributed by atoms with Crippen LogP contribution in [0.5, 0.6) is 5.75 Å². The van der Waals surface area contributed by atoms with Crippen LogP contribution in [0.1, 0.15) is 5.56 Å². The molecular weight excluding hydrogens is 230 g/mol. The van der Waals surface area contributed by atoms with Crippen LogP contribution in [-0.2, 0) is 0 Å². The topological polar surface area (TPSA) is 74.9 Å². The summed E-state index contributed by atoms with van der Waals surface area (Å²) in [6, 6.07) is 9.01. The second-order valence-electron chi connectivity index (χ2n) is 4.03. The largest absolute Gasteiger partial charge is 0.507 e. The molecule has 0 aliphatic rings. The molecule has 90 valence electrons. The number of aryl methyl sites for hydroxylation is 1. The summed E-state index contributed by atoms with van der Waals surface area (Å²) in [6.07, 6.45) is 1.79. The Kier molecular flexibility index (Phi) is 2.37. The maximum Gasteiger partial charge on any atom is 0.262 e. The standard InChI is InChI=1S/C13H11N3O2/c1-8-4-5-9(11(17)7-8)13-15-12(16-18-13)10-3-2-6-14-10/h2-7,14,17H,1H3. The van der Waals surface area contributed by atoms with Crippen LogP contribution in [0.4, 0.5) is 0 Å². The number of aromatic nitrogens is 3. The number of aromatic hydroxyl groups is 1. The van der Waals surface area contributed by atoms with E-state index in [4.69, 9.17) is 4.52 Å². The van der Waals surface area contributed by atoms with Crippen molar-refractivity contribution in [1.82, 2.24) is 15.1 Å². The zero-order chi connectivity index (χ0) is 12.5. The minimum Gasteiger partial charge on any atom is -0.507 e. The van der Waals surface area contributed by atoms with E-state index in [1.807, 2.05) is 25.1 Å². The number of nitrogens with zero attached hydrogens (tertiary/aromatic N) is 2. The summed E-state index contributed by atoms with van der Waals surface area (Å²) >= 11 is 0. The van der Waals surface area contributed by atoms with Crippen LogP contribution in [0.25, 0.3) is 23.0 Å². The normalized spacial score (nSPS) is 10.7. The van der Waals surface area contributed by atoms with Gasteiger partial charge in [-0.1, -0.05) is 11.2 Å². The van der Waals surface area contributed by atoms with Crippen LogP contribution in [0.2, 0.25) is 0 Å². The second kappa shape index (κ2) is 4.03. The third-order valence-electron chi connectivity index (χ3n) is 2.65. The molecule has 0 amide bonds. The predicted octanol–water partition coefficient (Wildman–Crippen LogP) is 2.75. The van der Waals surface area contributed by atoms with Gasteiger partial charge >= 0.3 is 0 Å². The lowest BCUT2D eigenvalue weighted by molar-refractivity contribution is 0.425. The smallest absolute Gasteiger partial charge is 0.262 e. The van der Waals surface area contributed by atoms with Gasteiger partial charge in [-0.15, -0.1) is 0 Å². The molecule has 2 N–H and O–H groups in total. The molecule has 18 heavy (non-hydrogen) atoms. The lowest BCUT2D eigenvalue weighted by atomic mass is 10.1. The van der Waals surface area contributed by atoms with Gasteiger partial charge in [0.25, 0.3) is 5.89 Å². The van der Waals surface area contributed by atoms with Crippen LogP contribution in [0.3, 0.4) is 0 Å². The first kappa shape index (κ1) is 10.6. The van der Waals surface area contributed by atoms with Crippen molar-refractivity contribution in [3.8, 4) is 28.7 Å². The molecular formula is C13H11N3O2. The molecule has 3 aromatic rings. The fourth-order valence-electron chi connectivity index (χ4n) is 1.73. The van der Waals surface area contributed by atoms with Crippen molar-refractivity contribution in [1.29, 1.82) is 0 Å². The summed E-state index contributed by atoms with van der Waals surface area (Å²) in [6.45, 7) is 1.90. The van der Waals surface area contributed by atoms with E-state index in [2.05, 4.69) is 15.1 Å². The monoisotopic (exact) mass is 241 g/mol. The Morgan fingerprint density at radius 2 is 2.17 bits per heavy atom. The molecule has 0 saturated carbocycles. The molecule has 0 atom stereocenters. The average molecular weight is 241 g/mol. The number of H-pyrrole nitrogens is 1. The first-order valence-corrected chi connectivity index (χ1v) is 5.51. The van der Waals surface area contributed by atoms with E-state index in [1.54, 1.807) is 18.3 Å². The summed E-state index contributed by atoms with van der Waals surface area (Å²) in [7, 11) is 0. The van der Waals surface area contributed by atoms with Crippen molar-refractivity contribution < 1.29 is 9.63 Å².